The molecule has 0 N–H and O–H groups in total. The van der Waals surface area contributed by atoms with Gasteiger partial charge in [0.25, 0.3) is 0 Å². The number of hydrogen-bond donors (Lipinski definition) is 0. The molecule has 0 aliphatic rings. The van der Waals surface area contributed by atoms with E-state index >= 15 is 0 Å². The third kappa shape index (κ3) is 2.29. The quantitative estimate of drug-likeness (QED) is 0.709. The van der Waals surface area contributed by atoms with Gasteiger partial charge in [-0.05, 0) is 33.3 Å². The highest BCUT2D eigenvalue weighted by Crippen LogP contribution is 2.30. The Morgan fingerprint density at radius 2 is 1.76 bits per heavy atom. The van der Waals surface area contributed by atoms with Crippen molar-refractivity contribution in [3.05, 3.63) is 22.7 Å². The number of rotatable bonds is 1. The monoisotopic (exact) mass is 253 g/mol. The van der Waals surface area contributed by atoms with Crippen LogP contribution in [0, 0.1) is 13.8 Å². The SMILES string of the molecule is CC.Cc1c(C)n(C(C)C)c2ncnc(Cl)c12. The van der Waals surface area contributed by atoms with Crippen LogP contribution in [0.25, 0.3) is 11.0 Å². The van der Waals surface area contributed by atoms with E-state index in [-0.39, 0.29) is 0 Å². The van der Waals surface area contributed by atoms with E-state index in [1.54, 1.807) is 0 Å². The van der Waals surface area contributed by atoms with E-state index in [9.17, 15) is 0 Å². The van der Waals surface area contributed by atoms with Crippen LogP contribution in [-0.2, 0) is 0 Å². The summed E-state index contributed by atoms with van der Waals surface area (Å²) in [5.41, 5.74) is 3.31. The van der Waals surface area contributed by atoms with Crippen molar-refractivity contribution in [2.75, 3.05) is 0 Å². The zero-order valence-corrected chi connectivity index (χ0v) is 12.1. The summed E-state index contributed by atoms with van der Waals surface area (Å²) in [6.45, 7) is 12.4. The van der Waals surface area contributed by atoms with Gasteiger partial charge in [-0.2, -0.15) is 0 Å². The van der Waals surface area contributed by atoms with Crippen molar-refractivity contribution >= 4 is 22.6 Å². The smallest absolute Gasteiger partial charge is 0.145 e. The summed E-state index contributed by atoms with van der Waals surface area (Å²) in [7, 11) is 0. The van der Waals surface area contributed by atoms with Crippen molar-refractivity contribution in [3.63, 3.8) is 0 Å². The molecular weight excluding hydrogens is 234 g/mol. The van der Waals surface area contributed by atoms with Crippen LogP contribution in [0.3, 0.4) is 0 Å². The molecule has 0 unspecified atom stereocenters. The second-order valence-corrected chi connectivity index (χ2v) is 4.40. The molecule has 2 aromatic heterocycles. The van der Waals surface area contributed by atoms with Crippen molar-refractivity contribution in [2.24, 2.45) is 0 Å². The molecule has 2 aromatic rings. The molecule has 0 amide bonds. The second-order valence-electron chi connectivity index (χ2n) is 4.04. The largest absolute Gasteiger partial charge is 0.327 e. The van der Waals surface area contributed by atoms with E-state index in [1.165, 1.54) is 17.6 Å². The number of fused-ring (bicyclic) bond motifs is 1. The van der Waals surface area contributed by atoms with Crippen molar-refractivity contribution in [2.45, 2.75) is 47.6 Å². The molecule has 0 aliphatic carbocycles. The number of aryl methyl sites for hydroxylation is 1. The molecule has 0 atom stereocenters. The summed E-state index contributed by atoms with van der Waals surface area (Å²) >= 11 is 6.09. The lowest BCUT2D eigenvalue weighted by Crippen LogP contribution is -2.03. The highest BCUT2D eigenvalue weighted by Gasteiger charge is 2.16. The average Bonchev–Trinajstić information content (AvgIpc) is 2.55. The third-order valence-electron chi connectivity index (χ3n) is 2.80. The van der Waals surface area contributed by atoms with Gasteiger partial charge in [-0.3, -0.25) is 0 Å². The molecule has 0 aromatic carbocycles. The van der Waals surface area contributed by atoms with Crippen LogP contribution in [0.15, 0.2) is 6.33 Å². The number of halogens is 1. The number of nitrogens with zero attached hydrogens (tertiary/aromatic N) is 3. The van der Waals surface area contributed by atoms with Gasteiger partial charge in [0.2, 0.25) is 0 Å². The zero-order valence-electron chi connectivity index (χ0n) is 11.4. The lowest BCUT2D eigenvalue weighted by Gasteiger charge is -2.11. The molecule has 0 saturated carbocycles. The lowest BCUT2D eigenvalue weighted by atomic mass is 10.2. The van der Waals surface area contributed by atoms with Crippen molar-refractivity contribution in [1.29, 1.82) is 0 Å². The average molecular weight is 254 g/mol. The maximum absolute atomic E-state index is 6.09. The molecule has 0 aliphatic heterocycles. The van der Waals surface area contributed by atoms with Crippen LogP contribution < -0.4 is 0 Å². The number of hydrogen-bond acceptors (Lipinski definition) is 2. The first-order chi connectivity index (χ1) is 8.04. The van der Waals surface area contributed by atoms with E-state index < -0.39 is 0 Å². The van der Waals surface area contributed by atoms with Gasteiger partial charge in [0.1, 0.15) is 17.1 Å². The van der Waals surface area contributed by atoms with Crippen LogP contribution in [0.5, 0.6) is 0 Å². The highest BCUT2D eigenvalue weighted by atomic mass is 35.5. The first-order valence-corrected chi connectivity index (χ1v) is 6.39. The molecule has 0 saturated heterocycles. The Balaban J connectivity index is 0.000000686. The molecule has 3 nitrogen and oxygen atoms in total. The summed E-state index contributed by atoms with van der Waals surface area (Å²) in [4.78, 5) is 8.34. The standard InChI is InChI=1S/C11H14ClN3.C2H6/c1-6(2)15-8(4)7(3)9-10(12)13-5-14-11(9)15;1-2/h5-6H,1-4H3;1-2H3. The van der Waals surface area contributed by atoms with Gasteiger partial charge in [0.15, 0.2) is 0 Å². The molecule has 4 heteroatoms. The van der Waals surface area contributed by atoms with Gasteiger partial charge in [0.05, 0.1) is 5.39 Å². The van der Waals surface area contributed by atoms with E-state index in [4.69, 9.17) is 11.6 Å². The van der Waals surface area contributed by atoms with Gasteiger partial charge in [-0.15, -0.1) is 0 Å². The van der Waals surface area contributed by atoms with E-state index in [0.29, 0.717) is 11.2 Å². The minimum absolute atomic E-state index is 0.382. The van der Waals surface area contributed by atoms with Gasteiger partial charge in [-0.25, -0.2) is 9.97 Å². The number of aromatic nitrogens is 3. The molecule has 94 valence electrons. The summed E-state index contributed by atoms with van der Waals surface area (Å²) < 4.78 is 2.19. The minimum Gasteiger partial charge on any atom is -0.327 e. The molecule has 17 heavy (non-hydrogen) atoms. The van der Waals surface area contributed by atoms with Crippen molar-refractivity contribution in [3.8, 4) is 0 Å². The Hall–Kier alpha value is -1.09. The summed E-state index contributed by atoms with van der Waals surface area (Å²) in [6.07, 6.45) is 1.52. The van der Waals surface area contributed by atoms with Crippen molar-refractivity contribution in [1.82, 2.24) is 14.5 Å². The summed E-state index contributed by atoms with van der Waals surface area (Å²) in [5.74, 6) is 0. The Morgan fingerprint density at radius 1 is 1.18 bits per heavy atom. The molecule has 0 fully saturated rings. The third-order valence-corrected chi connectivity index (χ3v) is 3.09. The molecule has 2 rings (SSSR count). The predicted octanol–water partition coefficient (Wildman–Crippen LogP) is 4.31. The Bertz CT molecular complexity index is 515. The first-order valence-electron chi connectivity index (χ1n) is 6.01. The fourth-order valence-electron chi connectivity index (χ4n) is 2.01. The molecule has 0 spiro atoms. The van der Waals surface area contributed by atoms with Crippen LogP contribution in [0.4, 0.5) is 0 Å². The second kappa shape index (κ2) is 5.50. The molecule has 0 radical (unpaired) electrons. The van der Waals surface area contributed by atoms with E-state index in [1.807, 2.05) is 13.8 Å². The maximum Gasteiger partial charge on any atom is 0.145 e. The first kappa shape index (κ1) is 14.0. The maximum atomic E-state index is 6.09. The van der Waals surface area contributed by atoms with Gasteiger partial charge >= 0.3 is 0 Å². The highest BCUT2D eigenvalue weighted by molar-refractivity contribution is 6.34. The summed E-state index contributed by atoms with van der Waals surface area (Å²) in [5, 5.41) is 1.52. The molecular formula is C13H20ClN3. The molecule has 0 bridgehead atoms. The van der Waals surface area contributed by atoms with Gasteiger partial charge in [-0.1, -0.05) is 25.4 Å². The normalized spacial score (nSPS) is 10.6. The lowest BCUT2D eigenvalue weighted by molar-refractivity contribution is 0.601. The van der Waals surface area contributed by atoms with E-state index in [2.05, 4.69) is 42.2 Å². The van der Waals surface area contributed by atoms with E-state index in [0.717, 1.165) is 11.0 Å². The Morgan fingerprint density at radius 3 is 2.29 bits per heavy atom. The fourth-order valence-corrected chi connectivity index (χ4v) is 2.28. The fraction of sp³-hybridized carbons (Fsp3) is 0.538. The van der Waals surface area contributed by atoms with Crippen molar-refractivity contribution < 1.29 is 0 Å². The predicted molar refractivity (Wildman–Crippen MR) is 73.7 cm³/mol. The van der Waals surface area contributed by atoms with Crippen LogP contribution >= 0.6 is 11.6 Å². The Kier molecular flexibility index (Phi) is 4.52. The Labute approximate surface area is 108 Å². The van der Waals surface area contributed by atoms with Crippen LogP contribution in [0.2, 0.25) is 5.15 Å². The topological polar surface area (TPSA) is 30.7 Å². The summed E-state index contributed by atoms with van der Waals surface area (Å²) in [6, 6.07) is 0.382. The van der Waals surface area contributed by atoms with Crippen LogP contribution in [-0.4, -0.2) is 14.5 Å². The zero-order chi connectivity index (χ0) is 13.2. The minimum atomic E-state index is 0.382. The van der Waals surface area contributed by atoms with Gasteiger partial charge < -0.3 is 4.57 Å². The van der Waals surface area contributed by atoms with Crippen LogP contribution in [0.1, 0.15) is 45.0 Å². The van der Waals surface area contributed by atoms with Gasteiger partial charge in [0, 0.05) is 11.7 Å². The molecule has 2 heterocycles.